The molecular formula is C21H30Cl2N4O. The lowest BCUT2D eigenvalue weighted by Gasteiger charge is -2.42. The highest BCUT2D eigenvalue weighted by Gasteiger charge is 2.35. The molecule has 1 amide bonds. The van der Waals surface area contributed by atoms with Gasteiger partial charge in [-0.05, 0) is 50.3 Å². The quantitative estimate of drug-likeness (QED) is 0.809. The van der Waals surface area contributed by atoms with Crippen molar-refractivity contribution in [3.8, 4) is 5.69 Å². The van der Waals surface area contributed by atoms with E-state index in [0.717, 1.165) is 41.2 Å². The number of benzene rings is 1. The Labute approximate surface area is 178 Å². The highest BCUT2D eigenvalue weighted by Crippen LogP contribution is 2.29. The number of halogens is 2. The molecule has 3 rings (SSSR count). The van der Waals surface area contributed by atoms with E-state index in [9.17, 15) is 4.79 Å². The zero-order valence-electron chi connectivity index (χ0n) is 17.3. The molecule has 1 saturated heterocycles. The summed E-state index contributed by atoms with van der Waals surface area (Å²) in [7, 11) is 0. The molecule has 1 aromatic carbocycles. The number of rotatable bonds is 3. The van der Waals surface area contributed by atoms with Crippen molar-refractivity contribution in [2.45, 2.75) is 53.5 Å². The van der Waals surface area contributed by atoms with Crippen molar-refractivity contribution in [3.05, 3.63) is 45.7 Å². The highest BCUT2D eigenvalue weighted by atomic mass is 35.5. The SMILES string of the molecule is Cc1ccc(-n2nc(C)c(CC(=O)N3CCC(N)C(C)(C)C3)c2C)cc1Cl.Cl. The van der Waals surface area contributed by atoms with Gasteiger partial charge in [0.05, 0.1) is 17.8 Å². The number of aryl methyl sites for hydroxylation is 2. The molecule has 2 aromatic rings. The van der Waals surface area contributed by atoms with E-state index in [-0.39, 0.29) is 29.8 Å². The van der Waals surface area contributed by atoms with Crippen LogP contribution in [0.5, 0.6) is 0 Å². The van der Waals surface area contributed by atoms with Gasteiger partial charge >= 0.3 is 0 Å². The average Bonchev–Trinajstić information content (AvgIpc) is 2.87. The molecular weight excluding hydrogens is 395 g/mol. The van der Waals surface area contributed by atoms with Crippen molar-refractivity contribution in [2.24, 2.45) is 11.1 Å². The minimum atomic E-state index is -0.0547. The van der Waals surface area contributed by atoms with Gasteiger partial charge in [-0.25, -0.2) is 4.68 Å². The molecule has 5 nitrogen and oxygen atoms in total. The number of carbonyl (C=O) groups excluding carboxylic acids is 1. The molecule has 0 radical (unpaired) electrons. The standard InChI is InChI=1S/C21H29ClN4O.ClH/c1-13-6-7-16(10-18(13)22)26-15(3)17(14(2)24-26)11-20(27)25-9-8-19(23)21(4,5)12-25;/h6-7,10,19H,8-9,11-12,23H2,1-5H3;1H. The number of aromatic nitrogens is 2. The summed E-state index contributed by atoms with van der Waals surface area (Å²) < 4.78 is 1.87. The van der Waals surface area contributed by atoms with Crippen LogP contribution in [0.2, 0.25) is 5.02 Å². The van der Waals surface area contributed by atoms with Crippen molar-refractivity contribution < 1.29 is 4.79 Å². The molecule has 0 bridgehead atoms. The third kappa shape index (κ3) is 4.37. The Morgan fingerprint density at radius 2 is 2.00 bits per heavy atom. The van der Waals surface area contributed by atoms with Crippen LogP contribution in [0.25, 0.3) is 5.69 Å². The van der Waals surface area contributed by atoms with Crippen LogP contribution in [0.3, 0.4) is 0 Å². The number of nitrogens with two attached hydrogens (primary N) is 1. The fourth-order valence-electron chi connectivity index (χ4n) is 3.75. The number of hydrogen-bond donors (Lipinski definition) is 1. The molecule has 1 atom stereocenters. The van der Waals surface area contributed by atoms with Crippen LogP contribution in [-0.4, -0.2) is 39.7 Å². The Balaban J connectivity index is 0.00000280. The largest absolute Gasteiger partial charge is 0.342 e. The van der Waals surface area contributed by atoms with Gasteiger partial charge in [-0.3, -0.25) is 4.79 Å². The van der Waals surface area contributed by atoms with E-state index in [1.165, 1.54) is 0 Å². The lowest BCUT2D eigenvalue weighted by molar-refractivity contribution is -0.133. The maximum Gasteiger partial charge on any atom is 0.227 e. The van der Waals surface area contributed by atoms with Crippen molar-refractivity contribution in [2.75, 3.05) is 13.1 Å². The Kier molecular flexibility index (Phi) is 6.85. The lowest BCUT2D eigenvalue weighted by atomic mass is 9.79. The molecule has 7 heteroatoms. The van der Waals surface area contributed by atoms with Gasteiger partial charge in [-0.15, -0.1) is 12.4 Å². The van der Waals surface area contributed by atoms with Gasteiger partial charge in [0, 0.05) is 35.4 Å². The van der Waals surface area contributed by atoms with Crippen LogP contribution in [0.1, 0.15) is 42.8 Å². The zero-order valence-corrected chi connectivity index (χ0v) is 18.8. The summed E-state index contributed by atoms with van der Waals surface area (Å²) in [4.78, 5) is 14.9. The Hall–Kier alpha value is -1.56. The van der Waals surface area contributed by atoms with E-state index in [4.69, 9.17) is 17.3 Å². The number of nitrogens with zero attached hydrogens (tertiary/aromatic N) is 3. The number of likely N-dealkylation sites (tertiary alicyclic amines) is 1. The number of carbonyl (C=O) groups is 1. The average molecular weight is 425 g/mol. The topological polar surface area (TPSA) is 64.2 Å². The van der Waals surface area contributed by atoms with Crippen LogP contribution in [-0.2, 0) is 11.2 Å². The summed E-state index contributed by atoms with van der Waals surface area (Å²) in [5.41, 5.74) is 10.9. The Morgan fingerprint density at radius 3 is 2.61 bits per heavy atom. The van der Waals surface area contributed by atoms with Gasteiger partial charge in [-0.1, -0.05) is 31.5 Å². The first-order valence-electron chi connectivity index (χ1n) is 9.45. The molecule has 2 N–H and O–H groups in total. The molecule has 0 saturated carbocycles. The molecule has 1 unspecified atom stereocenters. The monoisotopic (exact) mass is 424 g/mol. The van der Waals surface area contributed by atoms with Crippen LogP contribution in [0.4, 0.5) is 0 Å². The highest BCUT2D eigenvalue weighted by molar-refractivity contribution is 6.31. The molecule has 1 aliphatic heterocycles. The molecule has 0 spiro atoms. The van der Waals surface area contributed by atoms with Crippen molar-refractivity contribution in [1.29, 1.82) is 0 Å². The predicted molar refractivity (Wildman–Crippen MR) is 117 cm³/mol. The summed E-state index contributed by atoms with van der Waals surface area (Å²) >= 11 is 6.27. The second-order valence-electron chi connectivity index (χ2n) is 8.37. The number of amides is 1. The smallest absolute Gasteiger partial charge is 0.227 e. The Morgan fingerprint density at radius 1 is 1.32 bits per heavy atom. The van der Waals surface area contributed by atoms with Crippen LogP contribution >= 0.6 is 24.0 Å². The minimum Gasteiger partial charge on any atom is -0.342 e. The van der Waals surface area contributed by atoms with E-state index in [0.29, 0.717) is 18.0 Å². The lowest BCUT2D eigenvalue weighted by Crippen LogP contribution is -2.54. The third-order valence-electron chi connectivity index (χ3n) is 5.83. The first kappa shape index (κ1) is 22.7. The fourth-order valence-corrected chi connectivity index (χ4v) is 3.92. The molecule has 1 aromatic heterocycles. The van der Waals surface area contributed by atoms with Gasteiger partial charge in [0.2, 0.25) is 5.91 Å². The fraction of sp³-hybridized carbons (Fsp3) is 0.524. The van der Waals surface area contributed by atoms with E-state index in [1.807, 2.05) is 48.6 Å². The second-order valence-corrected chi connectivity index (χ2v) is 8.78. The number of piperidine rings is 1. The molecule has 0 aliphatic carbocycles. The third-order valence-corrected chi connectivity index (χ3v) is 6.24. The summed E-state index contributed by atoms with van der Waals surface area (Å²) in [6.45, 7) is 11.6. The van der Waals surface area contributed by atoms with Crippen LogP contribution in [0, 0.1) is 26.2 Å². The van der Waals surface area contributed by atoms with Gasteiger partial charge in [-0.2, -0.15) is 5.10 Å². The van der Waals surface area contributed by atoms with E-state index in [1.54, 1.807) is 0 Å². The van der Waals surface area contributed by atoms with Crippen LogP contribution < -0.4 is 5.73 Å². The predicted octanol–water partition coefficient (Wildman–Crippen LogP) is 4.00. The van der Waals surface area contributed by atoms with Gasteiger partial charge in [0.15, 0.2) is 0 Å². The summed E-state index contributed by atoms with van der Waals surface area (Å²) in [6, 6.07) is 6.04. The molecule has 1 fully saturated rings. The maximum atomic E-state index is 12.9. The summed E-state index contributed by atoms with van der Waals surface area (Å²) in [6.07, 6.45) is 1.21. The van der Waals surface area contributed by atoms with E-state index in [2.05, 4.69) is 18.9 Å². The second kappa shape index (κ2) is 8.44. The summed E-state index contributed by atoms with van der Waals surface area (Å²) in [5, 5.41) is 5.37. The van der Waals surface area contributed by atoms with E-state index >= 15 is 0 Å². The minimum absolute atomic E-state index is 0. The normalized spacial score (nSPS) is 18.7. The van der Waals surface area contributed by atoms with Gasteiger partial charge in [0.1, 0.15) is 0 Å². The number of hydrogen-bond acceptors (Lipinski definition) is 3. The van der Waals surface area contributed by atoms with Crippen LogP contribution in [0.15, 0.2) is 18.2 Å². The zero-order chi connectivity index (χ0) is 19.9. The first-order chi connectivity index (χ1) is 12.6. The van der Waals surface area contributed by atoms with E-state index < -0.39 is 0 Å². The maximum absolute atomic E-state index is 12.9. The van der Waals surface area contributed by atoms with Crippen molar-refractivity contribution >= 4 is 29.9 Å². The molecule has 1 aliphatic rings. The first-order valence-corrected chi connectivity index (χ1v) is 9.83. The summed E-state index contributed by atoms with van der Waals surface area (Å²) in [5.74, 6) is 0.141. The molecule has 2 heterocycles. The van der Waals surface area contributed by atoms with Crippen molar-refractivity contribution in [3.63, 3.8) is 0 Å². The van der Waals surface area contributed by atoms with Crippen molar-refractivity contribution in [1.82, 2.24) is 14.7 Å². The van der Waals surface area contributed by atoms with Gasteiger partial charge < -0.3 is 10.6 Å². The Bertz CT molecular complexity index is 876. The van der Waals surface area contributed by atoms with Gasteiger partial charge in [0.25, 0.3) is 0 Å². The molecule has 28 heavy (non-hydrogen) atoms. The molecule has 154 valence electrons.